The maximum atomic E-state index is 12.7. The highest BCUT2D eigenvalue weighted by atomic mass is 32.2. The number of rotatable bonds is 4. The monoisotopic (exact) mass is 330 g/mol. The van der Waals surface area contributed by atoms with Crippen LogP contribution in [-0.2, 0) is 14.8 Å². The topological polar surface area (TPSA) is 85.4 Å². The predicted octanol–water partition coefficient (Wildman–Crippen LogP) is 2.18. The molecule has 2 aromatic heterocycles. The summed E-state index contributed by atoms with van der Waals surface area (Å²) in [5.41, 5.74) is 0.515. The van der Waals surface area contributed by atoms with E-state index in [1.807, 2.05) is 0 Å². The number of methoxy groups -OCH3 is 1. The van der Waals surface area contributed by atoms with E-state index in [0.29, 0.717) is 5.56 Å². The normalized spacial score (nSPS) is 11.2. The second kappa shape index (κ2) is 5.78. The van der Waals surface area contributed by atoms with Crippen molar-refractivity contribution < 1.29 is 22.3 Å². The minimum atomic E-state index is -4.00. The van der Waals surface area contributed by atoms with Crippen molar-refractivity contribution in [3.8, 4) is 0 Å². The Morgan fingerprint density at radius 3 is 2.71 bits per heavy atom. The molecule has 0 aliphatic carbocycles. The molecule has 1 N–H and O–H groups in total. The molecule has 0 atom stereocenters. The van der Waals surface area contributed by atoms with Crippen LogP contribution in [0.3, 0.4) is 0 Å². The zero-order valence-electron chi connectivity index (χ0n) is 11.1. The molecule has 112 valence electrons. The van der Waals surface area contributed by atoms with Gasteiger partial charge in [0.2, 0.25) is 5.95 Å². The number of carbonyl (C=O) groups excluding carboxylic acids is 1. The highest BCUT2D eigenvalue weighted by molar-refractivity contribution is 7.93. The van der Waals surface area contributed by atoms with E-state index in [-0.39, 0.29) is 15.5 Å². The summed E-state index contributed by atoms with van der Waals surface area (Å²) in [5.74, 6) is -1.45. The van der Waals surface area contributed by atoms with E-state index in [1.165, 1.54) is 13.2 Å². The first-order valence-electron chi connectivity index (χ1n) is 5.66. The van der Waals surface area contributed by atoms with Gasteiger partial charge in [-0.25, -0.2) is 18.2 Å². The fourth-order valence-electron chi connectivity index (χ4n) is 1.64. The summed E-state index contributed by atoms with van der Waals surface area (Å²) in [5, 5.41) is 1.55. The molecule has 6 nitrogen and oxygen atoms in total. The van der Waals surface area contributed by atoms with Crippen molar-refractivity contribution in [2.45, 2.75) is 11.8 Å². The van der Waals surface area contributed by atoms with Crippen LogP contribution in [-0.4, -0.2) is 26.5 Å². The molecule has 0 spiro atoms. The molecular formula is C12H11FN2O4S2. The van der Waals surface area contributed by atoms with E-state index in [1.54, 1.807) is 12.3 Å². The lowest BCUT2D eigenvalue weighted by molar-refractivity contribution is 0.0602. The van der Waals surface area contributed by atoms with Gasteiger partial charge in [-0.05, 0) is 30.0 Å². The molecular weight excluding hydrogens is 319 g/mol. The summed E-state index contributed by atoms with van der Waals surface area (Å²) >= 11 is 0.979. The summed E-state index contributed by atoms with van der Waals surface area (Å²) < 4.78 is 44.3. The summed E-state index contributed by atoms with van der Waals surface area (Å²) in [6.07, 6.45) is 1.05. The zero-order chi connectivity index (χ0) is 15.6. The number of nitrogens with one attached hydrogen (secondary N) is 1. The van der Waals surface area contributed by atoms with Gasteiger partial charge in [0.05, 0.1) is 19.0 Å². The van der Waals surface area contributed by atoms with Gasteiger partial charge >= 0.3 is 5.97 Å². The number of carbonyl (C=O) groups is 1. The number of pyridine rings is 1. The quantitative estimate of drug-likeness (QED) is 0.686. The van der Waals surface area contributed by atoms with Crippen LogP contribution < -0.4 is 4.72 Å². The number of esters is 1. The van der Waals surface area contributed by atoms with Crippen molar-refractivity contribution in [3.05, 3.63) is 40.1 Å². The van der Waals surface area contributed by atoms with E-state index < -0.39 is 21.9 Å². The van der Waals surface area contributed by atoms with Crippen molar-refractivity contribution >= 4 is 33.0 Å². The van der Waals surface area contributed by atoms with E-state index in [4.69, 9.17) is 0 Å². The molecule has 21 heavy (non-hydrogen) atoms. The maximum Gasteiger partial charge on any atom is 0.349 e. The fourth-order valence-corrected chi connectivity index (χ4v) is 4.39. The molecule has 0 bridgehead atoms. The Hall–Kier alpha value is -2.00. The average Bonchev–Trinajstić information content (AvgIpc) is 2.83. The number of aryl methyl sites for hydroxylation is 1. The van der Waals surface area contributed by atoms with Crippen LogP contribution in [0.4, 0.5) is 10.1 Å². The highest BCUT2D eigenvalue weighted by Crippen LogP contribution is 2.29. The first-order chi connectivity index (χ1) is 9.85. The van der Waals surface area contributed by atoms with E-state index in [0.717, 1.165) is 23.6 Å². The number of thiophene rings is 1. The largest absolute Gasteiger partial charge is 0.465 e. The van der Waals surface area contributed by atoms with E-state index in [9.17, 15) is 17.6 Å². The van der Waals surface area contributed by atoms with E-state index >= 15 is 0 Å². The fraction of sp³-hybridized carbons (Fsp3) is 0.167. The van der Waals surface area contributed by atoms with Gasteiger partial charge in [0.15, 0.2) is 0 Å². The lowest BCUT2D eigenvalue weighted by atomic mass is 10.3. The Morgan fingerprint density at radius 1 is 1.43 bits per heavy atom. The summed E-state index contributed by atoms with van der Waals surface area (Å²) in [6.45, 7) is 1.57. The Labute approximate surface area is 124 Å². The Kier molecular flexibility index (Phi) is 4.24. The SMILES string of the molecule is COC(=O)c1scc(C)c1S(=O)(=O)Nc1ccc(F)nc1. The van der Waals surface area contributed by atoms with Gasteiger partial charge < -0.3 is 4.74 Å². The number of nitrogens with zero attached hydrogens (tertiary/aromatic N) is 1. The minimum Gasteiger partial charge on any atom is -0.465 e. The number of anilines is 1. The Bertz CT molecular complexity index is 769. The number of hydrogen-bond donors (Lipinski definition) is 1. The third kappa shape index (κ3) is 3.19. The number of sulfonamides is 1. The van der Waals surface area contributed by atoms with Crippen LogP contribution in [0.1, 0.15) is 15.2 Å². The van der Waals surface area contributed by atoms with Crippen LogP contribution in [0, 0.1) is 12.9 Å². The van der Waals surface area contributed by atoms with Crippen LogP contribution in [0.2, 0.25) is 0 Å². The average molecular weight is 330 g/mol. The summed E-state index contributed by atoms with van der Waals surface area (Å²) in [7, 11) is -2.83. The minimum absolute atomic E-state index is 0.0161. The molecule has 0 aromatic carbocycles. The molecule has 0 aliphatic heterocycles. The third-order valence-electron chi connectivity index (χ3n) is 2.54. The lowest BCUT2D eigenvalue weighted by Crippen LogP contribution is -2.17. The Balaban J connectivity index is 2.42. The van der Waals surface area contributed by atoms with Gasteiger partial charge in [0, 0.05) is 0 Å². The van der Waals surface area contributed by atoms with Crippen molar-refractivity contribution in [2.24, 2.45) is 0 Å². The number of ether oxygens (including phenoxy) is 1. The molecule has 0 saturated carbocycles. The maximum absolute atomic E-state index is 12.7. The summed E-state index contributed by atoms with van der Waals surface area (Å²) in [4.78, 5) is 14.8. The van der Waals surface area contributed by atoms with Gasteiger partial charge in [-0.1, -0.05) is 0 Å². The molecule has 2 rings (SSSR count). The molecule has 0 aliphatic rings. The lowest BCUT2D eigenvalue weighted by Gasteiger charge is -2.09. The molecule has 0 saturated heterocycles. The van der Waals surface area contributed by atoms with Crippen LogP contribution in [0.25, 0.3) is 0 Å². The third-order valence-corrected chi connectivity index (χ3v) is 5.31. The van der Waals surface area contributed by atoms with Gasteiger partial charge in [0.1, 0.15) is 9.77 Å². The van der Waals surface area contributed by atoms with E-state index in [2.05, 4.69) is 14.4 Å². The van der Waals surface area contributed by atoms with Gasteiger partial charge in [-0.3, -0.25) is 4.72 Å². The summed E-state index contributed by atoms with van der Waals surface area (Å²) in [6, 6.07) is 2.26. The second-order valence-corrected chi connectivity index (χ2v) is 6.54. The van der Waals surface area contributed by atoms with Crippen molar-refractivity contribution in [1.29, 1.82) is 0 Å². The Morgan fingerprint density at radius 2 is 2.14 bits per heavy atom. The van der Waals surface area contributed by atoms with Crippen molar-refractivity contribution in [1.82, 2.24) is 4.98 Å². The molecule has 2 aromatic rings. The molecule has 0 radical (unpaired) electrons. The molecule has 0 fully saturated rings. The first-order valence-corrected chi connectivity index (χ1v) is 8.02. The first kappa shape index (κ1) is 15.4. The zero-order valence-corrected chi connectivity index (χ0v) is 12.7. The number of halogens is 1. The predicted molar refractivity (Wildman–Crippen MR) is 75.4 cm³/mol. The number of aromatic nitrogens is 1. The molecule has 0 amide bonds. The second-order valence-electron chi connectivity index (χ2n) is 4.04. The van der Waals surface area contributed by atoms with Gasteiger partial charge in [-0.15, -0.1) is 11.3 Å². The molecule has 0 unspecified atom stereocenters. The van der Waals surface area contributed by atoms with Crippen molar-refractivity contribution in [3.63, 3.8) is 0 Å². The highest BCUT2D eigenvalue weighted by Gasteiger charge is 2.27. The molecule has 9 heteroatoms. The molecule has 2 heterocycles. The van der Waals surface area contributed by atoms with Gasteiger partial charge in [0.25, 0.3) is 10.0 Å². The number of hydrogen-bond acceptors (Lipinski definition) is 6. The van der Waals surface area contributed by atoms with Crippen molar-refractivity contribution in [2.75, 3.05) is 11.8 Å². The van der Waals surface area contributed by atoms with Crippen LogP contribution >= 0.6 is 11.3 Å². The van der Waals surface area contributed by atoms with Crippen LogP contribution in [0.15, 0.2) is 28.6 Å². The smallest absolute Gasteiger partial charge is 0.349 e. The van der Waals surface area contributed by atoms with Gasteiger partial charge in [-0.2, -0.15) is 4.39 Å². The standard InChI is InChI=1S/C12H11FN2O4S2/c1-7-6-20-10(12(16)19-2)11(7)21(17,18)15-8-3-4-9(13)14-5-8/h3-6,15H,1-2H3. The van der Waals surface area contributed by atoms with Crippen LogP contribution in [0.5, 0.6) is 0 Å².